The van der Waals surface area contributed by atoms with Gasteiger partial charge in [-0.25, -0.2) is 4.39 Å². The molecular formula is C15H15BrFNS. The fraction of sp³-hybridized carbons (Fsp3) is 0.200. The fourth-order valence-electron chi connectivity index (χ4n) is 1.82. The number of rotatable bonds is 4. The van der Waals surface area contributed by atoms with Crippen LogP contribution in [-0.4, -0.2) is 6.04 Å². The summed E-state index contributed by atoms with van der Waals surface area (Å²) >= 11 is 5.01. The van der Waals surface area contributed by atoms with E-state index in [4.69, 9.17) is 5.73 Å². The van der Waals surface area contributed by atoms with Gasteiger partial charge in [0.05, 0.1) is 0 Å². The van der Waals surface area contributed by atoms with Gasteiger partial charge in [0.2, 0.25) is 0 Å². The van der Waals surface area contributed by atoms with Gasteiger partial charge in [0.1, 0.15) is 5.82 Å². The van der Waals surface area contributed by atoms with Crippen LogP contribution >= 0.6 is 27.7 Å². The lowest BCUT2D eigenvalue weighted by atomic mass is 10.1. The zero-order valence-corrected chi connectivity index (χ0v) is 12.9. The molecule has 2 N–H and O–H groups in total. The van der Waals surface area contributed by atoms with Crippen molar-refractivity contribution in [2.45, 2.75) is 23.1 Å². The van der Waals surface area contributed by atoms with Gasteiger partial charge < -0.3 is 5.73 Å². The molecule has 0 amide bonds. The first kappa shape index (κ1) is 14.6. The van der Waals surface area contributed by atoms with Gasteiger partial charge in [-0.2, -0.15) is 0 Å². The molecule has 2 rings (SSSR count). The Hall–Kier alpha value is -0.840. The van der Waals surface area contributed by atoms with Crippen LogP contribution in [0.5, 0.6) is 0 Å². The molecule has 19 heavy (non-hydrogen) atoms. The van der Waals surface area contributed by atoms with Crippen molar-refractivity contribution in [3.63, 3.8) is 0 Å². The summed E-state index contributed by atoms with van der Waals surface area (Å²) in [6.45, 7) is 1.97. The summed E-state index contributed by atoms with van der Waals surface area (Å²) in [5.74, 6) is -0.218. The highest BCUT2D eigenvalue weighted by Gasteiger charge is 2.17. The van der Waals surface area contributed by atoms with Crippen LogP contribution in [0.1, 0.15) is 17.7 Å². The Balaban J connectivity index is 2.23. The van der Waals surface area contributed by atoms with E-state index in [1.165, 1.54) is 6.07 Å². The van der Waals surface area contributed by atoms with Crippen molar-refractivity contribution in [3.8, 4) is 0 Å². The van der Waals surface area contributed by atoms with Gasteiger partial charge in [0.25, 0.3) is 0 Å². The summed E-state index contributed by atoms with van der Waals surface area (Å²) in [6.07, 6.45) is 0. The van der Waals surface area contributed by atoms with Crippen molar-refractivity contribution < 1.29 is 4.39 Å². The first-order chi connectivity index (χ1) is 9.06. The minimum atomic E-state index is -0.218. The molecule has 0 aliphatic rings. The van der Waals surface area contributed by atoms with Gasteiger partial charge in [-0.15, -0.1) is 11.8 Å². The third-order valence-corrected chi connectivity index (χ3v) is 4.75. The molecular weight excluding hydrogens is 325 g/mol. The van der Waals surface area contributed by atoms with E-state index in [0.717, 1.165) is 14.9 Å². The molecule has 100 valence electrons. The van der Waals surface area contributed by atoms with Crippen LogP contribution in [0.4, 0.5) is 4.39 Å². The number of hydrogen-bond donors (Lipinski definition) is 1. The molecule has 0 aliphatic carbocycles. The van der Waals surface area contributed by atoms with Gasteiger partial charge in [-0.3, -0.25) is 0 Å². The molecule has 4 heteroatoms. The molecule has 0 fully saturated rings. The number of nitrogens with two attached hydrogens (primary N) is 1. The van der Waals surface area contributed by atoms with Gasteiger partial charge in [-0.1, -0.05) is 34.1 Å². The Morgan fingerprint density at radius 3 is 2.42 bits per heavy atom. The molecule has 0 radical (unpaired) electrons. The molecule has 0 saturated carbocycles. The highest BCUT2D eigenvalue weighted by molar-refractivity contribution is 9.10. The molecule has 2 unspecified atom stereocenters. The van der Waals surface area contributed by atoms with E-state index in [9.17, 15) is 4.39 Å². The predicted molar refractivity (Wildman–Crippen MR) is 82.8 cm³/mol. The monoisotopic (exact) mass is 339 g/mol. The second-order valence-electron chi connectivity index (χ2n) is 4.41. The number of benzene rings is 2. The van der Waals surface area contributed by atoms with Gasteiger partial charge >= 0.3 is 0 Å². The minimum Gasteiger partial charge on any atom is -0.327 e. The fourth-order valence-corrected chi connectivity index (χ4v) is 3.22. The van der Waals surface area contributed by atoms with E-state index in [1.54, 1.807) is 23.9 Å². The van der Waals surface area contributed by atoms with Crippen molar-refractivity contribution in [2.75, 3.05) is 0 Å². The Morgan fingerprint density at radius 1 is 1.16 bits per heavy atom. The highest BCUT2D eigenvalue weighted by atomic mass is 79.9. The average Bonchev–Trinajstić information content (AvgIpc) is 2.37. The summed E-state index contributed by atoms with van der Waals surface area (Å²) < 4.78 is 14.3. The van der Waals surface area contributed by atoms with Crippen molar-refractivity contribution in [1.82, 2.24) is 0 Å². The largest absolute Gasteiger partial charge is 0.327 e. The SMILES string of the molecule is CC(N)C(Sc1cccc(F)c1)c1ccc(Br)cc1. The Labute approximate surface area is 125 Å². The van der Waals surface area contributed by atoms with Crippen LogP contribution in [0.15, 0.2) is 57.9 Å². The lowest BCUT2D eigenvalue weighted by Crippen LogP contribution is -2.22. The lowest BCUT2D eigenvalue weighted by Gasteiger charge is -2.21. The van der Waals surface area contributed by atoms with Crippen LogP contribution in [0.3, 0.4) is 0 Å². The second kappa shape index (κ2) is 6.55. The Morgan fingerprint density at radius 2 is 1.84 bits per heavy atom. The number of halogens is 2. The van der Waals surface area contributed by atoms with Crippen LogP contribution in [0.2, 0.25) is 0 Å². The lowest BCUT2D eigenvalue weighted by molar-refractivity contribution is 0.624. The van der Waals surface area contributed by atoms with Crippen LogP contribution in [0.25, 0.3) is 0 Å². The first-order valence-electron chi connectivity index (χ1n) is 5.99. The number of thioether (sulfide) groups is 1. The van der Waals surface area contributed by atoms with Crippen molar-refractivity contribution in [3.05, 3.63) is 64.4 Å². The van der Waals surface area contributed by atoms with E-state index in [0.29, 0.717) is 0 Å². The molecule has 0 aliphatic heterocycles. The third kappa shape index (κ3) is 4.06. The van der Waals surface area contributed by atoms with Gasteiger partial charge in [-0.05, 0) is 42.8 Å². The smallest absolute Gasteiger partial charge is 0.124 e. The van der Waals surface area contributed by atoms with E-state index >= 15 is 0 Å². The maximum atomic E-state index is 13.2. The van der Waals surface area contributed by atoms with Crippen LogP contribution in [-0.2, 0) is 0 Å². The molecule has 2 aromatic rings. The minimum absolute atomic E-state index is 0.0190. The number of hydrogen-bond acceptors (Lipinski definition) is 2. The highest BCUT2D eigenvalue weighted by Crippen LogP contribution is 2.37. The maximum absolute atomic E-state index is 13.2. The summed E-state index contributed by atoms with van der Waals surface area (Å²) in [7, 11) is 0. The molecule has 0 saturated heterocycles. The van der Waals surface area contributed by atoms with Crippen molar-refractivity contribution in [2.24, 2.45) is 5.73 Å². The van der Waals surface area contributed by atoms with Crippen LogP contribution < -0.4 is 5.73 Å². The molecule has 0 aromatic heterocycles. The standard InChI is InChI=1S/C15H15BrFNS/c1-10(18)15(11-5-7-12(16)8-6-11)19-14-4-2-3-13(17)9-14/h2-10,15H,18H2,1H3. The van der Waals surface area contributed by atoms with Crippen molar-refractivity contribution >= 4 is 27.7 Å². The molecule has 2 aromatic carbocycles. The zero-order valence-electron chi connectivity index (χ0n) is 10.5. The first-order valence-corrected chi connectivity index (χ1v) is 7.67. The molecule has 0 heterocycles. The summed E-state index contributed by atoms with van der Waals surface area (Å²) in [5.41, 5.74) is 7.21. The topological polar surface area (TPSA) is 26.0 Å². The summed E-state index contributed by atoms with van der Waals surface area (Å²) in [6, 6.07) is 14.7. The molecule has 0 spiro atoms. The Kier molecular flexibility index (Phi) is 5.02. The molecule has 1 nitrogen and oxygen atoms in total. The van der Waals surface area contributed by atoms with E-state index in [2.05, 4.69) is 15.9 Å². The molecule has 2 atom stereocenters. The van der Waals surface area contributed by atoms with E-state index in [1.807, 2.05) is 37.3 Å². The quantitative estimate of drug-likeness (QED) is 0.812. The average molecular weight is 340 g/mol. The second-order valence-corrected chi connectivity index (χ2v) is 6.54. The summed E-state index contributed by atoms with van der Waals surface area (Å²) in [4.78, 5) is 0.894. The summed E-state index contributed by atoms with van der Waals surface area (Å²) in [5, 5.41) is 0.106. The van der Waals surface area contributed by atoms with Crippen LogP contribution in [0, 0.1) is 5.82 Å². The van der Waals surface area contributed by atoms with Crippen molar-refractivity contribution in [1.29, 1.82) is 0 Å². The van der Waals surface area contributed by atoms with E-state index < -0.39 is 0 Å². The molecule has 0 bridgehead atoms. The Bertz CT molecular complexity index is 542. The predicted octanol–water partition coefficient (Wildman–Crippen LogP) is 4.77. The zero-order chi connectivity index (χ0) is 13.8. The maximum Gasteiger partial charge on any atom is 0.124 e. The van der Waals surface area contributed by atoms with E-state index in [-0.39, 0.29) is 17.1 Å². The van der Waals surface area contributed by atoms with Gasteiger partial charge in [0.15, 0.2) is 0 Å². The van der Waals surface area contributed by atoms with Gasteiger partial charge in [0, 0.05) is 20.7 Å². The third-order valence-electron chi connectivity index (χ3n) is 2.74. The normalized spacial score (nSPS) is 14.1.